The van der Waals surface area contributed by atoms with Crippen LogP contribution in [0.4, 0.5) is 0 Å². The van der Waals surface area contributed by atoms with Gasteiger partial charge in [0.1, 0.15) is 5.56 Å². The normalized spacial score (nSPS) is 19.2. The first kappa shape index (κ1) is 12.5. The third kappa shape index (κ3) is 2.57. The van der Waals surface area contributed by atoms with Crippen LogP contribution in [0.5, 0.6) is 0 Å². The van der Waals surface area contributed by atoms with Gasteiger partial charge in [0.2, 0.25) is 0 Å². The summed E-state index contributed by atoms with van der Waals surface area (Å²) in [5.74, 6) is -0.206. The van der Waals surface area contributed by atoms with E-state index in [0.29, 0.717) is 0 Å². The van der Waals surface area contributed by atoms with Crippen LogP contribution in [0.25, 0.3) is 0 Å². The van der Waals surface area contributed by atoms with E-state index in [1.54, 1.807) is 6.07 Å². The maximum atomic E-state index is 12.2. The fourth-order valence-electron chi connectivity index (χ4n) is 3.19. The molecule has 2 aliphatic carbocycles. The number of aromatic nitrogens is 1. The van der Waals surface area contributed by atoms with Gasteiger partial charge in [0.15, 0.2) is 0 Å². The van der Waals surface area contributed by atoms with Gasteiger partial charge in [-0.2, -0.15) is 0 Å². The highest BCUT2D eigenvalue weighted by Gasteiger charge is 2.21. The van der Waals surface area contributed by atoms with E-state index < -0.39 is 0 Å². The fourth-order valence-corrected chi connectivity index (χ4v) is 3.19. The molecular formula is C15H20N2O2. The standard InChI is InChI=1S/C15H20N2O2/c18-14(16-11-6-2-1-3-7-11)12-9-10-5-4-8-13(10)17-15(12)19/h9,11H,1-8H2,(H,16,18)(H,17,19). The van der Waals surface area contributed by atoms with Crippen molar-refractivity contribution in [2.24, 2.45) is 0 Å². The van der Waals surface area contributed by atoms with Crippen molar-refractivity contribution >= 4 is 5.91 Å². The lowest BCUT2D eigenvalue weighted by atomic mass is 9.95. The van der Waals surface area contributed by atoms with Gasteiger partial charge in [-0.25, -0.2) is 0 Å². The Hall–Kier alpha value is -1.58. The van der Waals surface area contributed by atoms with E-state index in [2.05, 4.69) is 10.3 Å². The molecule has 102 valence electrons. The molecule has 0 atom stereocenters. The largest absolute Gasteiger partial charge is 0.349 e. The van der Waals surface area contributed by atoms with Gasteiger partial charge >= 0.3 is 0 Å². The minimum Gasteiger partial charge on any atom is -0.349 e. The molecule has 4 heteroatoms. The van der Waals surface area contributed by atoms with E-state index in [9.17, 15) is 9.59 Å². The molecule has 0 radical (unpaired) electrons. The van der Waals surface area contributed by atoms with Crippen LogP contribution < -0.4 is 10.9 Å². The third-order valence-corrected chi connectivity index (χ3v) is 4.27. The Kier molecular flexibility index (Phi) is 3.40. The van der Waals surface area contributed by atoms with Crippen LogP contribution in [0.1, 0.15) is 60.1 Å². The molecule has 0 bridgehead atoms. The van der Waals surface area contributed by atoms with Gasteiger partial charge in [-0.1, -0.05) is 19.3 Å². The second-order valence-electron chi connectivity index (χ2n) is 5.68. The molecule has 1 fully saturated rings. The van der Waals surface area contributed by atoms with Crippen molar-refractivity contribution in [3.05, 3.63) is 33.2 Å². The van der Waals surface area contributed by atoms with Crippen LogP contribution in [0.2, 0.25) is 0 Å². The van der Waals surface area contributed by atoms with Crippen molar-refractivity contribution < 1.29 is 4.79 Å². The van der Waals surface area contributed by atoms with E-state index in [1.807, 2.05) is 0 Å². The smallest absolute Gasteiger partial charge is 0.261 e. The molecule has 1 heterocycles. The maximum Gasteiger partial charge on any atom is 0.261 e. The van der Waals surface area contributed by atoms with E-state index in [-0.39, 0.29) is 23.1 Å². The molecule has 0 saturated heterocycles. The van der Waals surface area contributed by atoms with Gasteiger partial charge in [0.05, 0.1) is 0 Å². The first-order valence-electron chi connectivity index (χ1n) is 7.30. The molecule has 1 aromatic rings. The third-order valence-electron chi connectivity index (χ3n) is 4.27. The van der Waals surface area contributed by atoms with Gasteiger partial charge in [0, 0.05) is 11.7 Å². The summed E-state index contributed by atoms with van der Waals surface area (Å²) in [6.07, 6.45) is 8.63. The lowest BCUT2D eigenvalue weighted by molar-refractivity contribution is 0.0926. The lowest BCUT2D eigenvalue weighted by Gasteiger charge is -2.22. The number of carbonyl (C=O) groups excluding carboxylic acids is 1. The molecule has 0 aliphatic heterocycles. The Morgan fingerprint density at radius 2 is 1.95 bits per heavy atom. The monoisotopic (exact) mass is 260 g/mol. The van der Waals surface area contributed by atoms with Gasteiger partial charge < -0.3 is 10.3 Å². The zero-order valence-electron chi connectivity index (χ0n) is 11.1. The van der Waals surface area contributed by atoms with Crippen LogP contribution in [0, 0.1) is 0 Å². The second kappa shape index (κ2) is 5.19. The summed E-state index contributed by atoms with van der Waals surface area (Å²) in [6, 6.07) is 2.04. The topological polar surface area (TPSA) is 62.0 Å². The lowest BCUT2D eigenvalue weighted by Crippen LogP contribution is -2.38. The molecule has 0 spiro atoms. The number of carbonyl (C=O) groups is 1. The van der Waals surface area contributed by atoms with Crippen molar-refractivity contribution in [2.45, 2.75) is 57.4 Å². The maximum absolute atomic E-state index is 12.2. The molecule has 0 unspecified atom stereocenters. The Morgan fingerprint density at radius 1 is 1.16 bits per heavy atom. The Bertz CT molecular complexity index is 542. The number of amides is 1. The molecule has 4 nitrogen and oxygen atoms in total. The number of hydrogen-bond acceptors (Lipinski definition) is 2. The Balaban J connectivity index is 1.77. The van der Waals surface area contributed by atoms with Crippen molar-refractivity contribution in [1.82, 2.24) is 10.3 Å². The predicted molar refractivity (Wildman–Crippen MR) is 73.4 cm³/mol. The summed E-state index contributed by atoms with van der Waals surface area (Å²) in [7, 11) is 0. The van der Waals surface area contributed by atoms with Gasteiger partial charge in [0.25, 0.3) is 11.5 Å². The average molecular weight is 260 g/mol. The number of aryl methyl sites for hydroxylation is 2. The molecule has 1 saturated carbocycles. The summed E-state index contributed by atoms with van der Waals surface area (Å²) in [5, 5.41) is 3.01. The quantitative estimate of drug-likeness (QED) is 0.853. The molecule has 2 aliphatic rings. The zero-order valence-corrected chi connectivity index (χ0v) is 11.1. The van der Waals surface area contributed by atoms with Crippen molar-refractivity contribution in [3.63, 3.8) is 0 Å². The molecule has 3 rings (SSSR count). The minimum atomic E-state index is -0.242. The Labute approximate surface area is 112 Å². The number of nitrogens with one attached hydrogen (secondary N) is 2. The number of H-pyrrole nitrogens is 1. The van der Waals surface area contributed by atoms with E-state index >= 15 is 0 Å². The molecule has 1 amide bonds. The summed E-state index contributed by atoms with van der Waals surface area (Å²) in [5.41, 5.74) is 2.19. The summed E-state index contributed by atoms with van der Waals surface area (Å²) >= 11 is 0. The minimum absolute atomic E-state index is 0.206. The van der Waals surface area contributed by atoms with Crippen molar-refractivity contribution in [2.75, 3.05) is 0 Å². The second-order valence-corrected chi connectivity index (χ2v) is 5.68. The van der Waals surface area contributed by atoms with E-state index in [0.717, 1.165) is 43.4 Å². The van der Waals surface area contributed by atoms with Crippen molar-refractivity contribution in [1.29, 1.82) is 0 Å². The van der Waals surface area contributed by atoms with Crippen LogP contribution in [-0.4, -0.2) is 16.9 Å². The molecule has 19 heavy (non-hydrogen) atoms. The SMILES string of the molecule is O=C(NC1CCCCC1)c1cc2c([nH]c1=O)CCC2. The average Bonchev–Trinajstić information content (AvgIpc) is 2.86. The van der Waals surface area contributed by atoms with Crippen LogP contribution in [0.15, 0.2) is 10.9 Å². The zero-order chi connectivity index (χ0) is 13.2. The summed E-state index contributed by atoms with van der Waals surface area (Å²) in [6.45, 7) is 0. The first-order valence-corrected chi connectivity index (χ1v) is 7.30. The predicted octanol–water partition coefficient (Wildman–Crippen LogP) is 1.93. The number of fused-ring (bicyclic) bond motifs is 1. The summed E-state index contributed by atoms with van der Waals surface area (Å²) in [4.78, 5) is 27.0. The molecule has 2 N–H and O–H groups in total. The highest BCUT2D eigenvalue weighted by atomic mass is 16.2. The first-order chi connectivity index (χ1) is 9.24. The van der Waals surface area contributed by atoms with Crippen LogP contribution in [-0.2, 0) is 12.8 Å². The van der Waals surface area contributed by atoms with Gasteiger partial charge in [-0.05, 0) is 43.7 Å². The number of pyridine rings is 1. The van der Waals surface area contributed by atoms with Crippen LogP contribution in [0.3, 0.4) is 0 Å². The molecule has 1 aromatic heterocycles. The van der Waals surface area contributed by atoms with Crippen molar-refractivity contribution in [3.8, 4) is 0 Å². The Morgan fingerprint density at radius 3 is 2.74 bits per heavy atom. The highest BCUT2D eigenvalue weighted by Crippen LogP contribution is 2.20. The summed E-state index contributed by atoms with van der Waals surface area (Å²) < 4.78 is 0. The molecular weight excluding hydrogens is 240 g/mol. The fraction of sp³-hybridized carbons (Fsp3) is 0.600. The van der Waals surface area contributed by atoms with E-state index in [1.165, 1.54) is 19.3 Å². The van der Waals surface area contributed by atoms with E-state index in [4.69, 9.17) is 0 Å². The highest BCUT2D eigenvalue weighted by molar-refractivity contribution is 5.94. The van der Waals surface area contributed by atoms with Gasteiger partial charge in [-0.3, -0.25) is 9.59 Å². The van der Waals surface area contributed by atoms with Crippen LogP contribution >= 0.6 is 0 Å². The number of hydrogen-bond donors (Lipinski definition) is 2. The van der Waals surface area contributed by atoms with Gasteiger partial charge in [-0.15, -0.1) is 0 Å². The number of aromatic amines is 1. The number of rotatable bonds is 2. The molecule has 0 aromatic carbocycles.